The molecule has 2 N–H and O–H groups in total. The van der Waals surface area contributed by atoms with Crippen molar-refractivity contribution in [3.8, 4) is 0 Å². The van der Waals surface area contributed by atoms with Crippen LogP contribution in [0.2, 0.25) is 0 Å². The standard InChI is InChI=1S/C21H34FN5.HI/c1-17(15-27-11-9-26(3)10-12-27)14-24-20(23-2)25-16-21(7-8-21)18-5-4-6-19(22)13-18;/h4-6,13,17H,7-12,14-16H2,1-3H3,(H2,23,24,25);1H. The van der Waals surface area contributed by atoms with Gasteiger partial charge in [0, 0.05) is 58.3 Å². The molecule has 1 saturated carbocycles. The number of halogens is 2. The van der Waals surface area contributed by atoms with Crippen LogP contribution >= 0.6 is 24.0 Å². The van der Waals surface area contributed by atoms with Gasteiger partial charge in [0.05, 0.1) is 0 Å². The van der Waals surface area contributed by atoms with E-state index in [1.54, 1.807) is 12.1 Å². The Hall–Kier alpha value is -0.930. The predicted molar refractivity (Wildman–Crippen MR) is 125 cm³/mol. The Morgan fingerprint density at radius 3 is 2.54 bits per heavy atom. The van der Waals surface area contributed by atoms with E-state index >= 15 is 0 Å². The summed E-state index contributed by atoms with van der Waals surface area (Å²) in [6.45, 7) is 9.73. The number of piperazine rings is 1. The van der Waals surface area contributed by atoms with E-state index in [1.807, 2.05) is 13.1 Å². The van der Waals surface area contributed by atoms with Crippen molar-refractivity contribution in [2.24, 2.45) is 10.9 Å². The molecule has 1 aliphatic carbocycles. The molecule has 0 aromatic heterocycles. The number of nitrogens with one attached hydrogen (secondary N) is 2. The van der Waals surface area contributed by atoms with Gasteiger partial charge in [-0.15, -0.1) is 24.0 Å². The summed E-state index contributed by atoms with van der Waals surface area (Å²) >= 11 is 0. The van der Waals surface area contributed by atoms with Crippen LogP contribution in [0.5, 0.6) is 0 Å². The van der Waals surface area contributed by atoms with Crippen LogP contribution in [0.3, 0.4) is 0 Å². The van der Waals surface area contributed by atoms with Gasteiger partial charge in [-0.1, -0.05) is 19.1 Å². The molecule has 1 aliphatic heterocycles. The smallest absolute Gasteiger partial charge is 0.191 e. The fourth-order valence-corrected chi connectivity index (χ4v) is 3.82. The van der Waals surface area contributed by atoms with Crippen LogP contribution in [-0.4, -0.2) is 75.7 Å². The highest BCUT2D eigenvalue weighted by molar-refractivity contribution is 14.0. The van der Waals surface area contributed by atoms with Crippen molar-refractivity contribution >= 4 is 29.9 Å². The normalized spacial score (nSPS) is 20.9. The molecule has 1 aromatic rings. The molecular formula is C21H35FIN5. The number of guanidine groups is 1. The van der Waals surface area contributed by atoms with Crippen molar-refractivity contribution in [3.63, 3.8) is 0 Å². The van der Waals surface area contributed by atoms with Gasteiger partial charge >= 0.3 is 0 Å². The van der Waals surface area contributed by atoms with Gasteiger partial charge < -0.3 is 20.4 Å². The summed E-state index contributed by atoms with van der Waals surface area (Å²) < 4.78 is 13.6. The van der Waals surface area contributed by atoms with E-state index in [2.05, 4.69) is 39.4 Å². The predicted octanol–water partition coefficient (Wildman–Crippen LogP) is 2.52. The van der Waals surface area contributed by atoms with Crippen molar-refractivity contribution in [2.75, 3.05) is 59.9 Å². The Morgan fingerprint density at radius 1 is 1.21 bits per heavy atom. The lowest BCUT2D eigenvalue weighted by Gasteiger charge is -2.34. The van der Waals surface area contributed by atoms with Gasteiger partial charge in [0.25, 0.3) is 0 Å². The number of hydrogen-bond donors (Lipinski definition) is 2. The molecule has 0 amide bonds. The second kappa shape index (κ2) is 10.7. The molecule has 0 radical (unpaired) electrons. The highest BCUT2D eigenvalue weighted by Gasteiger charge is 2.44. The molecule has 2 aliphatic rings. The van der Waals surface area contributed by atoms with Crippen molar-refractivity contribution in [3.05, 3.63) is 35.6 Å². The number of benzene rings is 1. The molecule has 7 heteroatoms. The molecular weight excluding hydrogens is 468 g/mol. The van der Waals surface area contributed by atoms with Gasteiger partial charge in [-0.05, 0) is 43.5 Å². The first-order valence-electron chi connectivity index (χ1n) is 10.1. The average Bonchev–Trinajstić information content (AvgIpc) is 3.45. The summed E-state index contributed by atoms with van der Waals surface area (Å²) in [5, 5.41) is 6.91. The molecule has 1 heterocycles. The van der Waals surface area contributed by atoms with Crippen molar-refractivity contribution in [1.29, 1.82) is 0 Å². The molecule has 158 valence electrons. The molecule has 1 saturated heterocycles. The van der Waals surface area contributed by atoms with Crippen LogP contribution in [0.15, 0.2) is 29.3 Å². The Balaban J connectivity index is 0.00000280. The van der Waals surface area contributed by atoms with E-state index in [4.69, 9.17) is 0 Å². The third kappa shape index (κ3) is 6.56. The quantitative estimate of drug-likeness (QED) is 0.341. The summed E-state index contributed by atoms with van der Waals surface area (Å²) in [7, 11) is 4.00. The summed E-state index contributed by atoms with van der Waals surface area (Å²) in [4.78, 5) is 9.29. The third-order valence-electron chi connectivity index (χ3n) is 5.89. The average molecular weight is 503 g/mol. The van der Waals surface area contributed by atoms with E-state index in [9.17, 15) is 4.39 Å². The zero-order valence-corrected chi connectivity index (χ0v) is 19.7. The number of nitrogens with zero attached hydrogens (tertiary/aromatic N) is 3. The van der Waals surface area contributed by atoms with Crippen molar-refractivity contribution in [2.45, 2.75) is 25.2 Å². The fraction of sp³-hybridized carbons (Fsp3) is 0.667. The molecule has 1 atom stereocenters. The maximum atomic E-state index is 13.6. The second-order valence-corrected chi connectivity index (χ2v) is 8.31. The maximum Gasteiger partial charge on any atom is 0.191 e. The molecule has 28 heavy (non-hydrogen) atoms. The summed E-state index contributed by atoms with van der Waals surface area (Å²) in [5.74, 6) is 1.24. The van der Waals surface area contributed by atoms with E-state index in [0.29, 0.717) is 5.92 Å². The van der Waals surface area contributed by atoms with Crippen LogP contribution < -0.4 is 10.6 Å². The minimum atomic E-state index is -0.154. The molecule has 0 spiro atoms. The number of aliphatic imine (C=N–C) groups is 1. The zero-order chi connectivity index (χ0) is 19.3. The molecule has 1 aromatic carbocycles. The van der Waals surface area contributed by atoms with Gasteiger partial charge in [-0.25, -0.2) is 4.39 Å². The second-order valence-electron chi connectivity index (χ2n) is 8.31. The van der Waals surface area contributed by atoms with Gasteiger partial charge in [0.1, 0.15) is 5.82 Å². The zero-order valence-electron chi connectivity index (χ0n) is 17.4. The van der Waals surface area contributed by atoms with Gasteiger partial charge in [0.15, 0.2) is 5.96 Å². The molecule has 1 unspecified atom stereocenters. The molecule has 2 fully saturated rings. The monoisotopic (exact) mass is 503 g/mol. The Bertz CT molecular complexity index is 641. The molecule has 0 bridgehead atoms. The fourth-order valence-electron chi connectivity index (χ4n) is 3.82. The van der Waals surface area contributed by atoms with E-state index in [-0.39, 0.29) is 35.2 Å². The number of likely N-dealkylation sites (N-methyl/N-ethyl adjacent to an activating group) is 1. The highest BCUT2D eigenvalue weighted by Crippen LogP contribution is 2.47. The lowest BCUT2D eigenvalue weighted by atomic mass is 9.96. The first kappa shape index (κ1) is 23.3. The minimum absolute atomic E-state index is 0. The Kier molecular flexibility index (Phi) is 8.95. The maximum absolute atomic E-state index is 13.6. The highest BCUT2D eigenvalue weighted by atomic mass is 127. The van der Waals surface area contributed by atoms with Crippen LogP contribution in [-0.2, 0) is 5.41 Å². The van der Waals surface area contributed by atoms with Crippen LogP contribution in [0, 0.1) is 11.7 Å². The first-order chi connectivity index (χ1) is 13.0. The SMILES string of the molecule is CN=C(NCC(C)CN1CCN(C)CC1)NCC1(c2cccc(F)c2)CC1.I. The third-order valence-corrected chi connectivity index (χ3v) is 5.89. The van der Waals surface area contributed by atoms with Gasteiger partial charge in [-0.3, -0.25) is 4.99 Å². The summed E-state index contributed by atoms with van der Waals surface area (Å²) in [5.41, 5.74) is 1.15. The Morgan fingerprint density at radius 2 is 1.93 bits per heavy atom. The van der Waals surface area contributed by atoms with Gasteiger partial charge in [0.2, 0.25) is 0 Å². The molecule has 3 rings (SSSR count). The van der Waals surface area contributed by atoms with Crippen molar-refractivity contribution in [1.82, 2.24) is 20.4 Å². The largest absolute Gasteiger partial charge is 0.356 e. The lowest BCUT2D eigenvalue weighted by Crippen LogP contribution is -2.48. The van der Waals surface area contributed by atoms with Crippen LogP contribution in [0.4, 0.5) is 4.39 Å². The number of rotatable bonds is 7. The summed E-state index contributed by atoms with van der Waals surface area (Å²) in [6.07, 6.45) is 2.19. The van der Waals surface area contributed by atoms with E-state index in [0.717, 1.165) is 70.2 Å². The van der Waals surface area contributed by atoms with Crippen LogP contribution in [0.1, 0.15) is 25.3 Å². The first-order valence-corrected chi connectivity index (χ1v) is 10.1. The van der Waals surface area contributed by atoms with E-state index in [1.165, 1.54) is 6.07 Å². The van der Waals surface area contributed by atoms with Crippen LogP contribution in [0.25, 0.3) is 0 Å². The molecule has 5 nitrogen and oxygen atoms in total. The lowest BCUT2D eigenvalue weighted by molar-refractivity contribution is 0.139. The summed E-state index contributed by atoms with van der Waals surface area (Å²) in [6, 6.07) is 7.02. The van der Waals surface area contributed by atoms with E-state index < -0.39 is 0 Å². The van der Waals surface area contributed by atoms with Gasteiger partial charge in [-0.2, -0.15) is 0 Å². The Labute approximate surface area is 186 Å². The minimum Gasteiger partial charge on any atom is -0.356 e. The van der Waals surface area contributed by atoms with Crippen molar-refractivity contribution < 1.29 is 4.39 Å². The number of hydrogen-bond acceptors (Lipinski definition) is 3. The topological polar surface area (TPSA) is 42.9 Å².